The maximum atomic E-state index is 13.5. The van der Waals surface area contributed by atoms with Gasteiger partial charge in [-0.3, -0.25) is 24.3 Å². The van der Waals surface area contributed by atoms with E-state index in [0.717, 1.165) is 12.1 Å². The fourth-order valence-electron chi connectivity index (χ4n) is 2.62. The van der Waals surface area contributed by atoms with Gasteiger partial charge >= 0.3 is 6.18 Å². The average molecular weight is 427 g/mol. The maximum absolute atomic E-state index is 13.5. The van der Waals surface area contributed by atoms with Crippen molar-refractivity contribution in [3.05, 3.63) is 55.3 Å². The monoisotopic (exact) mass is 426 g/mol. The predicted octanol–water partition coefficient (Wildman–Crippen LogP) is 1.96. The quantitative estimate of drug-likeness (QED) is 0.675. The van der Waals surface area contributed by atoms with Gasteiger partial charge in [0, 0.05) is 10.5 Å². The number of aromatic nitrogens is 1. The summed E-state index contributed by atoms with van der Waals surface area (Å²) in [4.78, 5) is 35.9. The number of nitrogen functional groups attached to an aromatic ring is 1. The van der Waals surface area contributed by atoms with Crippen molar-refractivity contribution < 1.29 is 22.8 Å². The summed E-state index contributed by atoms with van der Waals surface area (Å²) in [7, 11) is 0. The van der Waals surface area contributed by atoms with Crippen molar-refractivity contribution in [3.63, 3.8) is 0 Å². The molecule has 0 radical (unpaired) electrons. The number of hydrogen-bond donors (Lipinski definition) is 2. The Labute approximate surface area is 151 Å². The van der Waals surface area contributed by atoms with Crippen LogP contribution < -0.4 is 16.6 Å². The second-order valence-electron chi connectivity index (χ2n) is 5.24. The lowest BCUT2D eigenvalue weighted by Gasteiger charge is -2.19. The zero-order chi connectivity index (χ0) is 19.4. The number of nitriles is 1. The number of carbonyl (C=O) groups excluding carboxylic acids is 2. The zero-order valence-electron chi connectivity index (χ0n) is 12.4. The Bertz CT molecular complexity index is 1100. The maximum Gasteiger partial charge on any atom is 0.418 e. The minimum absolute atomic E-state index is 0.234. The van der Waals surface area contributed by atoms with Gasteiger partial charge in [0.2, 0.25) is 0 Å². The third kappa shape index (κ3) is 2.55. The number of rotatable bonds is 1. The van der Waals surface area contributed by atoms with Crippen LogP contribution in [-0.2, 0) is 6.18 Å². The summed E-state index contributed by atoms with van der Waals surface area (Å²) in [6.07, 6.45) is -4.92. The fraction of sp³-hybridized carbons (Fsp3) is 0.0667. The van der Waals surface area contributed by atoms with Crippen LogP contribution >= 0.6 is 15.9 Å². The molecule has 0 unspecified atom stereocenters. The first-order valence-corrected chi connectivity index (χ1v) is 7.58. The molecule has 26 heavy (non-hydrogen) atoms. The van der Waals surface area contributed by atoms with Crippen molar-refractivity contribution in [1.82, 2.24) is 9.88 Å². The lowest BCUT2D eigenvalue weighted by molar-refractivity contribution is -0.137. The number of nitrogens with zero attached hydrogens (tertiary/aromatic N) is 2. The van der Waals surface area contributed by atoms with E-state index < -0.39 is 40.6 Å². The van der Waals surface area contributed by atoms with Crippen LogP contribution in [0, 0.1) is 11.3 Å². The van der Waals surface area contributed by atoms with Gasteiger partial charge in [0.05, 0.1) is 34.0 Å². The third-order valence-electron chi connectivity index (χ3n) is 3.67. The molecule has 0 saturated heterocycles. The van der Waals surface area contributed by atoms with Crippen LogP contribution in [0.25, 0.3) is 5.69 Å². The number of fused-ring (bicyclic) bond motifs is 1. The Morgan fingerprint density at radius 2 is 1.81 bits per heavy atom. The molecule has 3 rings (SSSR count). The van der Waals surface area contributed by atoms with E-state index in [1.807, 2.05) is 5.32 Å². The van der Waals surface area contributed by atoms with Gasteiger partial charge in [-0.2, -0.15) is 18.4 Å². The summed E-state index contributed by atoms with van der Waals surface area (Å²) in [5.41, 5.74) is 1.74. The molecular formula is C15H6BrF3N4O3. The molecule has 1 aromatic heterocycles. The van der Waals surface area contributed by atoms with Gasteiger partial charge in [-0.05, 0) is 28.1 Å². The van der Waals surface area contributed by atoms with Gasteiger partial charge in [0.1, 0.15) is 5.82 Å². The summed E-state index contributed by atoms with van der Waals surface area (Å²) in [6, 6.07) is 3.96. The Kier molecular flexibility index (Phi) is 3.88. The minimum Gasteiger partial charge on any atom is -0.384 e. The third-order valence-corrected chi connectivity index (χ3v) is 4.28. The molecule has 3 N–H and O–H groups in total. The number of pyridine rings is 1. The molecule has 7 nitrogen and oxygen atoms in total. The molecule has 2 amide bonds. The highest BCUT2D eigenvalue weighted by atomic mass is 79.9. The van der Waals surface area contributed by atoms with Gasteiger partial charge in [-0.25, -0.2) is 0 Å². The molecular weight excluding hydrogens is 421 g/mol. The molecule has 0 bridgehead atoms. The average Bonchev–Trinajstić information content (AvgIpc) is 2.81. The van der Waals surface area contributed by atoms with E-state index in [1.165, 1.54) is 0 Å². The van der Waals surface area contributed by atoms with Crippen molar-refractivity contribution in [2.24, 2.45) is 0 Å². The number of alkyl halides is 3. The minimum atomic E-state index is -4.92. The number of halogens is 4. The highest BCUT2D eigenvalue weighted by molar-refractivity contribution is 9.10. The lowest BCUT2D eigenvalue weighted by Crippen LogP contribution is -2.26. The summed E-state index contributed by atoms with van der Waals surface area (Å²) in [5.74, 6) is -2.41. The Hall–Kier alpha value is -3.13. The first-order chi connectivity index (χ1) is 12.1. The number of amides is 2. The van der Waals surface area contributed by atoms with Crippen LogP contribution in [0.15, 0.2) is 27.5 Å². The normalized spacial score (nSPS) is 13.3. The standard InChI is InChI=1S/C15H6BrF3N4O3/c16-8-2-5(4-20)1-7(15(17,18)19)11(8)23-9(24)3-6-10(12(23)21)14(26)22-13(6)25/h1-3H,21H2,(H,22,25,26). The van der Waals surface area contributed by atoms with Crippen molar-refractivity contribution in [3.8, 4) is 11.8 Å². The van der Waals surface area contributed by atoms with Crippen molar-refractivity contribution in [1.29, 1.82) is 5.26 Å². The summed E-state index contributed by atoms with van der Waals surface area (Å²) >= 11 is 2.91. The number of imide groups is 1. The molecule has 0 atom stereocenters. The highest BCUT2D eigenvalue weighted by Gasteiger charge is 2.38. The number of anilines is 1. The van der Waals surface area contributed by atoms with E-state index in [1.54, 1.807) is 6.07 Å². The van der Waals surface area contributed by atoms with Crippen LogP contribution in [0.3, 0.4) is 0 Å². The summed E-state index contributed by atoms with van der Waals surface area (Å²) in [5, 5.41) is 10.8. The van der Waals surface area contributed by atoms with Gasteiger partial charge in [-0.1, -0.05) is 0 Å². The second kappa shape index (κ2) is 5.70. The smallest absolute Gasteiger partial charge is 0.384 e. The van der Waals surface area contributed by atoms with Crippen LogP contribution in [-0.4, -0.2) is 16.4 Å². The molecule has 1 aliphatic rings. The Morgan fingerprint density at radius 1 is 1.15 bits per heavy atom. The SMILES string of the molecule is N#Cc1cc(Br)c(-n2c(N)c3c(cc2=O)C(=O)NC3=O)c(C(F)(F)F)c1. The van der Waals surface area contributed by atoms with Gasteiger partial charge in [-0.15, -0.1) is 0 Å². The highest BCUT2D eigenvalue weighted by Crippen LogP contribution is 2.39. The first-order valence-electron chi connectivity index (χ1n) is 6.78. The molecule has 132 valence electrons. The van der Waals surface area contributed by atoms with Crippen LogP contribution in [0.4, 0.5) is 19.0 Å². The molecule has 0 spiro atoms. The van der Waals surface area contributed by atoms with Gasteiger partial charge in [0.25, 0.3) is 17.4 Å². The molecule has 11 heteroatoms. The Morgan fingerprint density at radius 3 is 2.38 bits per heavy atom. The molecule has 1 aliphatic heterocycles. The second-order valence-corrected chi connectivity index (χ2v) is 6.09. The molecule has 1 aromatic carbocycles. The van der Waals surface area contributed by atoms with E-state index in [2.05, 4.69) is 15.9 Å². The fourth-order valence-corrected chi connectivity index (χ4v) is 3.25. The van der Waals surface area contributed by atoms with Crippen LogP contribution in [0.2, 0.25) is 0 Å². The molecule has 2 heterocycles. The van der Waals surface area contributed by atoms with E-state index in [-0.39, 0.29) is 21.2 Å². The number of nitrogens with one attached hydrogen (secondary N) is 1. The van der Waals surface area contributed by atoms with Gasteiger partial charge in [0.15, 0.2) is 0 Å². The van der Waals surface area contributed by atoms with E-state index in [9.17, 15) is 27.6 Å². The molecule has 2 aromatic rings. The van der Waals surface area contributed by atoms with Crippen molar-refractivity contribution in [2.75, 3.05) is 5.73 Å². The number of carbonyl (C=O) groups is 2. The molecule has 0 fully saturated rings. The molecule has 0 aliphatic carbocycles. The largest absolute Gasteiger partial charge is 0.418 e. The predicted molar refractivity (Wildman–Crippen MR) is 85.7 cm³/mol. The van der Waals surface area contributed by atoms with Gasteiger partial charge < -0.3 is 5.73 Å². The zero-order valence-corrected chi connectivity index (χ0v) is 14.0. The van der Waals surface area contributed by atoms with E-state index in [4.69, 9.17) is 11.0 Å². The van der Waals surface area contributed by atoms with E-state index >= 15 is 0 Å². The number of benzene rings is 1. The number of hydrogen-bond acceptors (Lipinski definition) is 5. The summed E-state index contributed by atoms with van der Waals surface area (Å²) in [6.45, 7) is 0. The molecule has 0 saturated carbocycles. The van der Waals surface area contributed by atoms with E-state index in [0.29, 0.717) is 10.6 Å². The number of nitrogens with two attached hydrogens (primary N) is 1. The Balaban J connectivity index is 2.46. The first kappa shape index (κ1) is 17.7. The van der Waals surface area contributed by atoms with Crippen LogP contribution in [0.1, 0.15) is 31.8 Å². The lowest BCUT2D eigenvalue weighted by atomic mass is 10.1. The van der Waals surface area contributed by atoms with Crippen molar-refractivity contribution in [2.45, 2.75) is 6.18 Å². The van der Waals surface area contributed by atoms with Crippen molar-refractivity contribution >= 4 is 33.6 Å². The van der Waals surface area contributed by atoms with Crippen LogP contribution in [0.5, 0.6) is 0 Å². The summed E-state index contributed by atoms with van der Waals surface area (Å²) < 4.78 is 40.7. The topological polar surface area (TPSA) is 118 Å².